The second-order valence-corrected chi connectivity index (χ2v) is 6.71. The molecule has 18 heavy (non-hydrogen) atoms. The van der Waals surface area contributed by atoms with Crippen molar-refractivity contribution in [2.24, 2.45) is 0 Å². The fourth-order valence-electron chi connectivity index (χ4n) is 2.31. The topological polar surface area (TPSA) is 0 Å². The highest BCUT2D eigenvalue weighted by Gasteiger charge is 2.17. The normalized spacial score (nSPS) is 12.4. The van der Waals surface area contributed by atoms with E-state index in [1.165, 1.54) is 38.8 Å². The van der Waals surface area contributed by atoms with Crippen LogP contribution in [-0.4, -0.2) is 63.3 Å². The van der Waals surface area contributed by atoms with Crippen LogP contribution in [0.25, 0.3) is 0 Å². The summed E-state index contributed by atoms with van der Waals surface area (Å²) >= 11 is 0. The number of nitrogens with zero attached hydrogens (tertiary/aromatic N) is 2. The van der Waals surface area contributed by atoms with Gasteiger partial charge in [-0.3, -0.25) is 0 Å². The molecule has 0 radical (unpaired) electrons. The fraction of sp³-hybridized carbons (Fsp3) is 0.750. The molecule has 0 N–H and O–H groups in total. The fourth-order valence-corrected chi connectivity index (χ4v) is 2.31. The predicted octanol–water partition coefficient (Wildman–Crippen LogP) is 3.07. The molecule has 2 heteroatoms. The zero-order chi connectivity index (χ0) is 14.1. The van der Waals surface area contributed by atoms with Gasteiger partial charge in [-0.15, -0.1) is 0 Å². The van der Waals surface area contributed by atoms with Gasteiger partial charge in [-0.25, -0.2) is 0 Å². The second-order valence-electron chi connectivity index (χ2n) is 6.71. The molecule has 2 nitrogen and oxygen atoms in total. The third-order valence-corrected chi connectivity index (χ3v) is 3.42. The summed E-state index contributed by atoms with van der Waals surface area (Å²) in [7, 11) is 9.10. The SMILES string of the molecule is C=CC[N+](C)(CC=C)CCCCCC[N+](C)(C)C. The van der Waals surface area contributed by atoms with E-state index in [2.05, 4.69) is 41.3 Å². The number of hydrogen-bond donors (Lipinski definition) is 0. The molecule has 0 spiro atoms. The van der Waals surface area contributed by atoms with Gasteiger partial charge in [0.15, 0.2) is 0 Å². The predicted molar refractivity (Wildman–Crippen MR) is 82.5 cm³/mol. The Labute approximate surface area is 115 Å². The highest BCUT2D eigenvalue weighted by atomic mass is 15.3. The van der Waals surface area contributed by atoms with Gasteiger partial charge in [0, 0.05) is 0 Å². The summed E-state index contributed by atoms with van der Waals surface area (Å²) in [5.41, 5.74) is 0. The van der Waals surface area contributed by atoms with Gasteiger partial charge in [0.2, 0.25) is 0 Å². The van der Waals surface area contributed by atoms with Crippen molar-refractivity contribution in [1.29, 1.82) is 0 Å². The van der Waals surface area contributed by atoms with Crippen LogP contribution in [0.15, 0.2) is 25.3 Å². The van der Waals surface area contributed by atoms with Crippen LogP contribution in [0.1, 0.15) is 25.7 Å². The molecule has 0 aromatic carbocycles. The second kappa shape index (κ2) is 8.49. The van der Waals surface area contributed by atoms with E-state index < -0.39 is 0 Å². The Bertz CT molecular complexity index is 228. The molecular formula is C16H34N2+2. The molecular weight excluding hydrogens is 220 g/mol. The van der Waals surface area contributed by atoms with Crippen molar-refractivity contribution in [2.75, 3.05) is 54.4 Å². The van der Waals surface area contributed by atoms with Gasteiger partial charge in [-0.05, 0) is 37.8 Å². The maximum atomic E-state index is 3.86. The van der Waals surface area contributed by atoms with Gasteiger partial charge in [-0.2, -0.15) is 0 Å². The Balaban J connectivity index is 3.74. The number of unbranched alkanes of at least 4 members (excludes halogenated alkanes) is 3. The average Bonchev–Trinajstić information content (AvgIpc) is 2.22. The number of likely N-dealkylation sites (N-methyl/N-ethyl adjacent to an activating group) is 1. The third kappa shape index (κ3) is 9.43. The van der Waals surface area contributed by atoms with Crippen molar-refractivity contribution in [3.05, 3.63) is 25.3 Å². The number of quaternary nitrogens is 2. The van der Waals surface area contributed by atoms with Crippen molar-refractivity contribution in [3.63, 3.8) is 0 Å². The van der Waals surface area contributed by atoms with Crippen molar-refractivity contribution in [3.8, 4) is 0 Å². The van der Waals surface area contributed by atoms with Gasteiger partial charge in [0.25, 0.3) is 0 Å². The number of hydrogen-bond acceptors (Lipinski definition) is 0. The monoisotopic (exact) mass is 254 g/mol. The molecule has 0 aliphatic carbocycles. The Morgan fingerprint density at radius 3 is 1.56 bits per heavy atom. The highest BCUT2D eigenvalue weighted by Crippen LogP contribution is 2.09. The molecule has 106 valence electrons. The summed E-state index contributed by atoms with van der Waals surface area (Å²) in [5, 5.41) is 0. The standard InChI is InChI=1S/C16H34N2/c1-7-13-18(6,14-8-2)16-12-10-9-11-15-17(3,4)5/h7-8H,1-2,9-16H2,3-6H3/q+2. The minimum atomic E-state index is 1.05. The molecule has 0 saturated carbocycles. The maximum Gasteiger partial charge on any atom is 0.0971 e. The molecule has 0 atom stereocenters. The first kappa shape index (κ1) is 17.4. The van der Waals surface area contributed by atoms with Crippen LogP contribution in [0.2, 0.25) is 0 Å². The van der Waals surface area contributed by atoms with Gasteiger partial charge in [0.05, 0.1) is 54.4 Å². The molecule has 0 rings (SSSR count). The lowest BCUT2D eigenvalue weighted by molar-refractivity contribution is -0.898. The van der Waals surface area contributed by atoms with E-state index in [1.807, 2.05) is 12.2 Å². The van der Waals surface area contributed by atoms with Gasteiger partial charge in [-0.1, -0.05) is 13.2 Å². The lowest BCUT2D eigenvalue weighted by Crippen LogP contribution is -2.44. The Hall–Kier alpha value is -0.600. The quantitative estimate of drug-likeness (QED) is 0.302. The molecule has 0 saturated heterocycles. The van der Waals surface area contributed by atoms with Gasteiger partial charge >= 0.3 is 0 Å². The first-order chi connectivity index (χ1) is 8.33. The number of rotatable bonds is 11. The largest absolute Gasteiger partial charge is 0.331 e. The first-order valence-electron chi connectivity index (χ1n) is 7.19. The molecule has 0 aliphatic heterocycles. The molecule has 0 aliphatic rings. The first-order valence-corrected chi connectivity index (χ1v) is 7.19. The van der Waals surface area contributed by atoms with E-state index in [-0.39, 0.29) is 0 Å². The summed E-state index contributed by atoms with van der Waals surface area (Å²) in [6.45, 7) is 12.3. The maximum absolute atomic E-state index is 3.86. The van der Waals surface area contributed by atoms with Crippen LogP contribution in [-0.2, 0) is 0 Å². The van der Waals surface area contributed by atoms with Crippen molar-refractivity contribution >= 4 is 0 Å². The summed E-state index contributed by atoms with van der Waals surface area (Å²) in [6.07, 6.45) is 9.42. The van der Waals surface area contributed by atoms with Crippen molar-refractivity contribution in [1.82, 2.24) is 0 Å². The van der Waals surface area contributed by atoms with E-state index in [1.54, 1.807) is 0 Å². The minimum absolute atomic E-state index is 1.05. The molecule has 0 bridgehead atoms. The van der Waals surface area contributed by atoms with Crippen LogP contribution < -0.4 is 0 Å². The van der Waals surface area contributed by atoms with Crippen LogP contribution in [0.3, 0.4) is 0 Å². The van der Waals surface area contributed by atoms with Crippen molar-refractivity contribution in [2.45, 2.75) is 25.7 Å². The third-order valence-electron chi connectivity index (χ3n) is 3.42. The van der Waals surface area contributed by atoms with Crippen LogP contribution in [0, 0.1) is 0 Å². The summed E-state index contributed by atoms with van der Waals surface area (Å²) < 4.78 is 2.14. The van der Waals surface area contributed by atoms with Crippen LogP contribution in [0.5, 0.6) is 0 Å². The van der Waals surface area contributed by atoms with Crippen molar-refractivity contribution < 1.29 is 8.97 Å². The highest BCUT2D eigenvalue weighted by molar-refractivity contribution is 4.70. The Morgan fingerprint density at radius 1 is 0.722 bits per heavy atom. The zero-order valence-electron chi connectivity index (χ0n) is 13.1. The van der Waals surface area contributed by atoms with Crippen LogP contribution >= 0.6 is 0 Å². The average molecular weight is 254 g/mol. The zero-order valence-corrected chi connectivity index (χ0v) is 13.1. The van der Waals surface area contributed by atoms with Gasteiger partial charge < -0.3 is 8.97 Å². The van der Waals surface area contributed by atoms with E-state index >= 15 is 0 Å². The van der Waals surface area contributed by atoms with E-state index in [0.29, 0.717) is 0 Å². The molecule has 0 aromatic rings. The summed E-state index contributed by atoms with van der Waals surface area (Å²) in [6, 6.07) is 0. The van der Waals surface area contributed by atoms with E-state index in [9.17, 15) is 0 Å². The summed E-state index contributed by atoms with van der Waals surface area (Å²) in [5.74, 6) is 0. The molecule has 0 unspecified atom stereocenters. The molecule has 0 aromatic heterocycles. The Kier molecular flexibility index (Phi) is 8.21. The smallest absolute Gasteiger partial charge is 0.0971 e. The Morgan fingerprint density at radius 2 is 1.17 bits per heavy atom. The lowest BCUT2D eigenvalue weighted by Gasteiger charge is -2.32. The van der Waals surface area contributed by atoms with E-state index in [0.717, 1.165) is 22.1 Å². The molecule has 0 heterocycles. The lowest BCUT2D eigenvalue weighted by atomic mass is 10.1. The van der Waals surface area contributed by atoms with Crippen LogP contribution in [0.4, 0.5) is 0 Å². The minimum Gasteiger partial charge on any atom is -0.331 e. The van der Waals surface area contributed by atoms with Gasteiger partial charge in [0.1, 0.15) is 0 Å². The molecule has 0 fully saturated rings. The van der Waals surface area contributed by atoms with E-state index in [4.69, 9.17) is 0 Å². The molecule has 0 amide bonds. The summed E-state index contributed by atoms with van der Waals surface area (Å²) in [4.78, 5) is 0.